The smallest absolute Gasteiger partial charge is 0.118 e. The third-order valence-electron chi connectivity index (χ3n) is 3.92. The van der Waals surface area contributed by atoms with Crippen molar-refractivity contribution in [3.05, 3.63) is 23.7 Å². The average Bonchev–Trinajstić information content (AvgIpc) is 2.75. The number of nitrogens with zero attached hydrogens (tertiary/aromatic N) is 1. The van der Waals surface area contributed by atoms with Crippen LogP contribution in [-0.2, 0) is 6.54 Å². The highest BCUT2D eigenvalue weighted by molar-refractivity contribution is 5.05. The van der Waals surface area contributed by atoms with Crippen LogP contribution in [0, 0.1) is 6.92 Å². The van der Waals surface area contributed by atoms with Gasteiger partial charge in [0, 0.05) is 12.1 Å². The zero-order valence-electron chi connectivity index (χ0n) is 11.7. The summed E-state index contributed by atoms with van der Waals surface area (Å²) in [6.07, 6.45) is 6.01. The molecule has 0 radical (unpaired) electrons. The Balaban J connectivity index is 1.94. The van der Waals surface area contributed by atoms with E-state index in [2.05, 4.69) is 24.0 Å². The van der Waals surface area contributed by atoms with Crippen LogP contribution < -0.4 is 5.73 Å². The Hall–Kier alpha value is -0.800. The van der Waals surface area contributed by atoms with Gasteiger partial charge in [0.2, 0.25) is 0 Å². The quantitative estimate of drug-likeness (QED) is 0.873. The third-order valence-corrected chi connectivity index (χ3v) is 3.92. The molecule has 1 fully saturated rings. The lowest BCUT2D eigenvalue weighted by Gasteiger charge is -2.35. The van der Waals surface area contributed by atoms with Crippen molar-refractivity contribution in [2.24, 2.45) is 5.73 Å². The number of hydrogen-bond acceptors (Lipinski definition) is 3. The van der Waals surface area contributed by atoms with Gasteiger partial charge in [0.05, 0.1) is 6.54 Å². The minimum Gasteiger partial charge on any atom is -0.465 e. The molecule has 0 saturated heterocycles. The molecule has 18 heavy (non-hydrogen) atoms. The second-order valence-electron chi connectivity index (χ2n) is 5.55. The number of aryl methyl sites for hydroxylation is 1. The maximum atomic E-state index is 5.99. The molecule has 2 N–H and O–H groups in total. The van der Waals surface area contributed by atoms with Gasteiger partial charge in [-0.2, -0.15) is 0 Å². The second kappa shape index (κ2) is 6.39. The van der Waals surface area contributed by atoms with Crippen LogP contribution >= 0.6 is 0 Å². The van der Waals surface area contributed by atoms with E-state index in [1.54, 1.807) is 0 Å². The zero-order valence-corrected chi connectivity index (χ0v) is 11.7. The summed E-state index contributed by atoms with van der Waals surface area (Å²) in [7, 11) is 0. The van der Waals surface area contributed by atoms with Gasteiger partial charge in [-0.3, -0.25) is 4.90 Å². The van der Waals surface area contributed by atoms with E-state index in [0.717, 1.165) is 24.6 Å². The Morgan fingerprint density at radius 1 is 1.28 bits per heavy atom. The molecule has 0 aliphatic heterocycles. The van der Waals surface area contributed by atoms with Crippen LogP contribution in [0.4, 0.5) is 0 Å². The molecule has 0 amide bonds. The minimum atomic E-state index is 0.426. The molecule has 0 unspecified atom stereocenters. The molecule has 1 aromatic heterocycles. The Labute approximate surface area is 110 Å². The summed E-state index contributed by atoms with van der Waals surface area (Å²) in [4.78, 5) is 2.57. The van der Waals surface area contributed by atoms with E-state index in [9.17, 15) is 0 Å². The Morgan fingerprint density at radius 3 is 2.56 bits per heavy atom. The molecule has 3 nitrogen and oxygen atoms in total. The molecule has 0 atom stereocenters. The number of rotatable bonds is 5. The predicted octanol–water partition coefficient (Wildman–Crippen LogP) is 3.07. The molecule has 0 bridgehead atoms. The van der Waals surface area contributed by atoms with Gasteiger partial charge in [-0.1, -0.05) is 6.92 Å². The molecular formula is C15H26N2O. The minimum absolute atomic E-state index is 0.426. The summed E-state index contributed by atoms with van der Waals surface area (Å²) in [6.45, 7) is 6.35. The van der Waals surface area contributed by atoms with Crippen molar-refractivity contribution in [1.29, 1.82) is 0 Å². The van der Waals surface area contributed by atoms with Gasteiger partial charge in [-0.25, -0.2) is 0 Å². The molecule has 1 heterocycles. The van der Waals surface area contributed by atoms with E-state index in [0.29, 0.717) is 12.1 Å². The predicted molar refractivity (Wildman–Crippen MR) is 74.4 cm³/mol. The molecule has 2 rings (SSSR count). The van der Waals surface area contributed by atoms with Crippen LogP contribution in [0.2, 0.25) is 0 Å². The average molecular weight is 250 g/mol. The first-order valence-electron chi connectivity index (χ1n) is 7.24. The van der Waals surface area contributed by atoms with Crippen LogP contribution in [0.5, 0.6) is 0 Å². The maximum absolute atomic E-state index is 5.99. The fraction of sp³-hybridized carbons (Fsp3) is 0.733. The van der Waals surface area contributed by atoms with Crippen LogP contribution in [0.15, 0.2) is 16.5 Å². The normalized spacial score (nSPS) is 24.7. The van der Waals surface area contributed by atoms with Crippen LogP contribution in [-0.4, -0.2) is 23.5 Å². The molecule has 0 aromatic carbocycles. The van der Waals surface area contributed by atoms with E-state index in [-0.39, 0.29) is 0 Å². The topological polar surface area (TPSA) is 42.4 Å². The van der Waals surface area contributed by atoms with E-state index in [1.165, 1.54) is 32.1 Å². The molecule has 1 saturated carbocycles. The van der Waals surface area contributed by atoms with Crippen molar-refractivity contribution >= 4 is 0 Å². The lowest BCUT2D eigenvalue weighted by atomic mass is 9.90. The van der Waals surface area contributed by atoms with Crippen LogP contribution in [0.3, 0.4) is 0 Å². The van der Waals surface area contributed by atoms with Crippen molar-refractivity contribution in [1.82, 2.24) is 4.90 Å². The first kappa shape index (κ1) is 13.6. The van der Waals surface area contributed by atoms with Gasteiger partial charge in [-0.15, -0.1) is 0 Å². The largest absolute Gasteiger partial charge is 0.465 e. The number of hydrogen-bond donors (Lipinski definition) is 1. The third kappa shape index (κ3) is 3.59. The lowest BCUT2D eigenvalue weighted by molar-refractivity contribution is 0.132. The van der Waals surface area contributed by atoms with Gasteiger partial charge >= 0.3 is 0 Å². The van der Waals surface area contributed by atoms with E-state index < -0.39 is 0 Å². The van der Waals surface area contributed by atoms with E-state index in [4.69, 9.17) is 10.2 Å². The molecule has 0 spiro atoms. The van der Waals surface area contributed by atoms with Gasteiger partial charge in [0.25, 0.3) is 0 Å². The molecular weight excluding hydrogens is 224 g/mol. The standard InChI is InChI=1S/C15H26N2O/c1-3-10-17(11-15-9-4-12(2)18-15)14-7-5-13(16)6-8-14/h4,9,13-14H,3,5-8,10-11,16H2,1-2H3. The highest BCUT2D eigenvalue weighted by atomic mass is 16.3. The highest BCUT2D eigenvalue weighted by Crippen LogP contribution is 2.24. The Bertz CT molecular complexity index is 353. The van der Waals surface area contributed by atoms with Gasteiger partial charge in [0.1, 0.15) is 11.5 Å². The van der Waals surface area contributed by atoms with Crippen molar-refractivity contribution in [3.8, 4) is 0 Å². The lowest BCUT2D eigenvalue weighted by Crippen LogP contribution is -2.40. The number of furan rings is 1. The number of nitrogens with two attached hydrogens (primary N) is 1. The zero-order chi connectivity index (χ0) is 13.0. The fourth-order valence-electron chi connectivity index (χ4n) is 2.91. The first-order chi connectivity index (χ1) is 8.69. The summed E-state index contributed by atoms with van der Waals surface area (Å²) in [5, 5.41) is 0. The summed E-state index contributed by atoms with van der Waals surface area (Å²) in [5.41, 5.74) is 5.99. The molecule has 1 aliphatic rings. The Kier molecular flexibility index (Phi) is 4.84. The second-order valence-corrected chi connectivity index (χ2v) is 5.55. The van der Waals surface area contributed by atoms with Crippen molar-refractivity contribution in [2.75, 3.05) is 6.54 Å². The van der Waals surface area contributed by atoms with Crippen LogP contribution in [0.1, 0.15) is 50.5 Å². The van der Waals surface area contributed by atoms with E-state index >= 15 is 0 Å². The maximum Gasteiger partial charge on any atom is 0.118 e. The van der Waals surface area contributed by atoms with Gasteiger partial charge in [0.15, 0.2) is 0 Å². The summed E-state index contributed by atoms with van der Waals surface area (Å²) in [6, 6.07) is 5.27. The SMILES string of the molecule is CCCN(Cc1ccc(C)o1)C1CCC(N)CC1. The molecule has 102 valence electrons. The van der Waals surface area contributed by atoms with Crippen molar-refractivity contribution < 1.29 is 4.42 Å². The monoisotopic (exact) mass is 250 g/mol. The van der Waals surface area contributed by atoms with E-state index in [1.807, 2.05) is 6.92 Å². The first-order valence-corrected chi connectivity index (χ1v) is 7.24. The molecule has 1 aromatic rings. The highest BCUT2D eigenvalue weighted by Gasteiger charge is 2.24. The summed E-state index contributed by atoms with van der Waals surface area (Å²) >= 11 is 0. The van der Waals surface area contributed by atoms with Crippen molar-refractivity contribution in [3.63, 3.8) is 0 Å². The fourth-order valence-corrected chi connectivity index (χ4v) is 2.91. The summed E-state index contributed by atoms with van der Waals surface area (Å²) in [5.74, 6) is 2.10. The van der Waals surface area contributed by atoms with Crippen LogP contribution in [0.25, 0.3) is 0 Å². The van der Waals surface area contributed by atoms with Gasteiger partial charge < -0.3 is 10.2 Å². The Morgan fingerprint density at radius 2 is 2.00 bits per heavy atom. The molecule has 3 heteroatoms. The van der Waals surface area contributed by atoms with Crippen molar-refractivity contribution in [2.45, 2.75) is 64.6 Å². The summed E-state index contributed by atoms with van der Waals surface area (Å²) < 4.78 is 5.71. The molecule has 1 aliphatic carbocycles. The van der Waals surface area contributed by atoms with Gasteiger partial charge in [-0.05, 0) is 57.7 Å².